The molecular weight excluding hydrogens is 247 g/mol. The van der Waals surface area contributed by atoms with Crippen molar-refractivity contribution in [3.8, 4) is 0 Å². The molecule has 0 aliphatic rings. The van der Waals surface area contributed by atoms with E-state index >= 15 is 0 Å². The van der Waals surface area contributed by atoms with Crippen LogP contribution in [-0.2, 0) is 6.18 Å². The van der Waals surface area contributed by atoms with E-state index in [0.29, 0.717) is 18.8 Å². The van der Waals surface area contributed by atoms with Crippen LogP contribution in [0.1, 0.15) is 25.5 Å². The fourth-order valence-corrected chi connectivity index (χ4v) is 1.46. The predicted octanol–water partition coefficient (Wildman–Crippen LogP) is 2.32. The van der Waals surface area contributed by atoms with Crippen molar-refractivity contribution in [2.24, 2.45) is 5.92 Å². The predicted molar refractivity (Wildman–Crippen MR) is 61.0 cm³/mol. The first-order chi connectivity index (χ1) is 8.47. The number of nitrogens with one attached hydrogen (secondary N) is 1. The topological polar surface area (TPSA) is 58.0 Å². The molecule has 18 heavy (non-hydrogen) atoms. The number of hydrogen-bond donors (Lipinski definition) is 2. The molecule has 102 valence electrons. The Morgan fingerprint density at radius 3 is 2.50 bits per heavy atom. The summed E-state index contributed by atoms with van der Waals surface area (Å²) in [4.78, 5) is 0. The van der Waals surface area contributed by atoms with E-state index in [-0.39, 0.29) is 12.5 Å². The van der Waals surface area contributed by atoms with Crippen molar-refractivity contribution in [1.82, 2.24) is 10.2 Å². The number of hydrogen-bond acceptors (Lipinski definition) is 4. The van der Waals surface area contributed by atoms with Crippen LogP contribution in [0.5, 0.6) is 0 Å². The monoisotopic (exact) mass is 263 g/mol. The van der Waals surface area contributed by atoms with Gasteiger partial charge in [-0.05, 0) is 24.5 Å². The average Bonchev–Trinajstić information content (AvgIpc) is 2.34. The van der Waals surface area contributed by atoms with Gasteiger partial charge in [0.15, 0.2) is 5.69 Å². The summed E-state index contributed by atoms with van der Waals surface area (Å²) >= 11 is 0. The van der Waals surface area contributed by atoms with Crippen molar-refractivity contribution in [3.63, 3.8) is 0 Å². The first-order valence-electron chi connectivity index (χ1n) is 5.73. The second-order valence-electron chi connectivity index (χ2n) is 3.97. The summed E-state index contributed by atoms with van der Waals surface area (Å²) in [6, 6.07) is 2.14. The number of aliphatic hydroxyl groups is 1. The molecule has 0 saturated heterocycles. The number of nitrogens with zero attached hydrogens (tertiary/aromatic N) is 2. The van der Waals surface area contributed by atoms with Crippen molar-refractivity contribution in [2.75, 3.05) is 18.5 Å². The highest BCUT2D eigenvalue weighted by atomic mass is 19.4. The third kappa shape index (κ3) is 4.48. The van der Waals surface area contributed by atoms with Crippen LogP contribution in [-0.4, -0.2) is 28.5 Å². The molecule has 0 fully saturated rings. The Hall–Kier alpha value is -1.37. The van der Waals surface area contributed by atoms with Gasteiger partial charge >= 0.3 is 6.18 Å². The van der Waals surface area contributed by atoms with Crippen LogP contribution in [0, 0.1) is 5.92 Å². The zero-order chi connectivity index (χ0) is 13.6. The molecule has 1 aromatic heterocycles. The van der Waals surface area contributed by atoms with Gasteiger partial charge in [0.1, 0.15) is 5.82 Å². The summed E-state index contributed by atoms with van der Waals surface area (Å²) in [5.74, 6) is 0.568. The average molecular weight is 263 g/mol. The van der Waals surface area contributed by atoms with Crippen LogP contribution in [0.2, 0.25) is 0 Å². The molecule has 0 amide bonds. The van der Waals surface area contributed by atoms with Gasteiger partial charge in [0, 0.05) is 13.2 Å². The highest BCUT2D eigenvalue weighted by Gasteiger charge is 2.32. The first-order valence-corrected chi connectivity index (χ1v) is 5.73. The Labute approximate surface area is 103 Å². The fourth-order valence-electron chi connectivity index (χ4n) is 1.46. The van der Waals surface area contributed by atoms with E-state index in [1.807, 2.05) is 6.92 Å². The summed E-state index contributed by atoms with van der Waals surface area (Å²) in [5.41, 5.74) is -1.00. The SMILES string of the molecule is CCC(CCO)CNc1ccc(C(F)(F)F)nn1. The second-order valence-corrected chi connectivity index (χ2v) is 3.97. The quantitative estimate of drug-likeness (QED) is 0.827. The standard InChI is InChI=1S/C11H16F3N3O/c1-2-8(5-6-18)7-15-10-4-3-9(16-17-10)11(12,13)14/h3-4,8,18H,2,5-7H2,1H3,(H,15,17). The molecule has 0 aliphatic carbocycles. The molecule has 0 aliphatic heterocycles. The van der Waals surface area contributed by atoms with E-state index in [9.17, 15) is 13.2 Å². The molecule has 1 unspecified atom stereocenters. The summed E-state index contributed by atoms with van der Waals surface area (Å²) in [6.07, 6.45) is -2.94. The van der Waals surface area contributed by atoms with E-state index in [0.717, 1.165) is 12.5 Å². The lowest BCUT2D eigenvalue weighted by atomic mass is 10.0. The number of alkyl halides is 3. The first kappa shape index (κ1) is 14.7. The zero-order valence-corrected chi connectivity index (χ0v) is 10.0. The van der Waals surface area contributed by atoms with Gasteiger partial charge in [-0.2, -0.15) is 13.2 Å². The largest absolute Gasteiger partial charge is 0.435 e. The van der Waals surface area contributed by atoms with Crippen molar-refractivity contribution in [3.05, 3.63) is 17.8 Å². The normalized spacial score (nSPS) is 13.4. The van der Waals surface area contributed by atoms with E-state index in [2.05, 4.69) is 15.5 Å². The van der Waals surface area contributed by atoms with Gasteiger partial charge < -0.3 is 10.4 Å². The van der Waals surface area contributed by atoms with Gasteiger partial charge in [0.25, 0.3) is 0 Å². The Balaban J connectivity index is 2.53. The number of aromatic nitrogens is 2. The summed E-state index contributed by atoms with van der Waals surface area (Å²) in [6.45, 7) is 2.64. The Bertz CT molecular complexity index is 354. The van der Waals surface area contributed by atoms with Crippen LogP contribution in [0.4, 0.5) is 19.0 Å². The minimum atomic E-state index is -4.46. The molecule has 0 bridgehead atoms. The van der Waals surface area contributed by atoms with E-state index in [1.54, 1.807) is 0 Å². The molecule has 1 aromatic rings. The van der Waals surface area contributed by atoms with Gasteiger partial charge in [-0.3, -0.25) is 0 Å². The highest BCUT2D eigenvalue weighted by Crippen LogP contribution is 2.27. The van der Waals surface area contributed by atoms with Gasteiger partial charge in [0.2, 0.25) is 0 Å². The molecule has 0 spiro atoms. The minimum absolute atomic E-state index is 0.0961. The fraction of sp³-hybridized carbons (Fsp3) is 0.636. The lowest BCUT2D eigenvalue weighted by Gasteiger charge is -2.14. The number of aliphatic hydroxyl groups excluding tert-OH is 1. The third-order valence-corrected chi connectivity index (χ3v) is 2.64. The van der Waals surface area contributed by atoms with Gasteiger partial charge in [0.05, 0.1) is 0 Å². The molecule has 0 radical (unpaired) electrons. The smallest absolute Gasteiger partial charge is 0.396 e. The Morgan fingerprint density at radius 1 is 1.33 bits per heavy atom. The third-order valence-electron chi connectivity index (χ3n) is 2.64. The lowest BCUT2D eigenvalue weighted by Crippen LogP contribution is -2.16. The van der Waals surface area contributed by atoms with Crippen molar-refractivity contribution < 1.29 is 18.3 Å². The summed E-state index contributed by atoms with van der Waals surface area (Å²) in [5, 5.41) is 18.3. The number of halogens is 3. The van der Waals surface area contributed by atoms with Gasteiger partial charge in [-0.1, -0.05) is 13.3 Å². The Kier molecular flexibility index (Phi) is 5.33. The molecule has 0 saturated carbocycles. The van der Waals surface area contributed by atoms with Crippen molar-refractivity contribution >= 4 is 5.82 Å². The van der Waals surface area contributed by atoms with Crippen molar-refractivity contribution in [2.45, 2.75) is 25.9 Å². The molecule has 4 nitrogen and oxygen atoms in total. The molecule has 2 N–H and O–H groups in total. The number of rotatable bonds is 6. The molecular formula is C11H16F3N3O. The maximum absolute atomic E-state index is 12.2. The van der Waals surface area contributed by atoms with E-state index in [4.69, 9.17) is 5.11 Å². The summed E-state index contributed by atoms with van der Waals surface area (Å²) in [7, 11) is 0. The minimum Gasteiger partial charge on any atom is -0.396 e. The van der Waals surface area contributed by atoms with Crippen LogP contribution in [0.25, 0.3) is 0 Å². The van der Waals surface area contributed by atoms with Crippen molar-refractivity contribution in [1.29, 1.82) is 0 Å². The molecule has 1 atom stereocenters. The lowest BCUT2D eigenvalue weighted by molar-refractivity contribution is -0.141. The zero-order valence-electron chi connectivity index (χ0n) is 10.0. The van der Waals surface area contributed by atoms with Crippen LogP contribution in [0.15, 0.2) is 12.1 Å². The maximum atomic E-state index is 12.2. The van der Waals surface area contributed by atoms with Gasteiger partial charge in [-0.15, -0.1) is 10.2 Å². The Morgan fingerprint density at radius 2 is 2.06 bits per heavy atom. The highest BCUT2D eigenvalue weighted by molar-refractivity contribution is 5.33. The van der Waals surface area contributed by atoms with E-state index in [1.165, 1.54) is 6.07 Å². The molecule has 1 rings (SSSR count). The molecule has 1 heterocycles. The van der Waals surface area contributed by atoms with Crippen LogP contribution < -0.4 is 5.32 Å². The summed E-state index contributed by atoms with van der Waals surface area (Å²) < 4.78 is 36.7. The van der Waals surface area contributed by atoms with Gasteiger partial charge in [-0.25, -0.2) is 0 Å². The van der Waals surface area contributed by atoms with E-state index < -0.39 is 11.9 Å². The molecule has 0 aromatic carbocycles. The van der Waals surface area contributed by atoms with Crippen LogP contribution in [0.3, 0.4) is 0 Å². The maximum Gasteiger partial charge on any atom is 0.435 e. The van der Waals surface area contributed by atoms with Crippen LogP contribution >= 0.6 is 0 Å². The number of anilines is 1. The molecule has 7 heteroatoms. The second kappa shape index (κ2) is 6.53.